The smallest absolute Gasteiger partial charge is 0.305 e. The van der Waals surface area contributed by atoms with Crippen molar-refractivity contribution in [2.75, 3.05) is 0 Å². The zero-order valence-corrected chi connectivity index (χ0v) is 18.9. The number of ketones is 2. The fraction of sp³-hybridized carbons (Fsp3) is 0.857. The van der Waals surface area contributed by atoms with Gasteiger partial charge in [0.05, 0.1) is 18.5 Å². The molecule has 0 saturated carbocycles. The summed E-state index contributed by atoms with van der Waals surface area (Å²) < 4.78 is 0. The van der Waals surface area contributed by atoms with E-state index >= 15 is 0 Å². The molecule has 160 valence electrons. The lowest BCUT2D eigenvalue weighted by Gasteiger charge is -2.25. The lowest BCUT2D eigenvalue weighted by molar-refractivity contribution is -0.140. The van der Waals surface area contributed by atoms with E-state index in [0.717, 1.165) is 0 Å². The van der Waals surface area contributed by atoms with Gasteiger partial charge >= 0.3 is 5.97 Å². The number of Topliss-reactive ketones (excluding diaryl/α,β-unsaturated/α-hetero) is 2. The molecule has 0 aliphatic rings. The van der Waals surface area contributed by atoms with Crippen molar-refractivity contribution in [3.05, 3.63) is 0 Å². The summed E-state index contributed by atoms with van der Waals surface area (Å²) in [7, 11) is 0. The minimum Gasteiger partial charge on any atom is -0.481 e. The van der Waals surface area contributed by atoms with E-state index in [9.17, 15) is 14.4 Å². The molecule has 0 aromatic heterocycles. The first-order valence-electron chi connectivity index (χ1n) is 10.0. The summed E-state index contributed by atoms with van der Waals surface area (Å²) in [4.78, 5) is 33.9. The van der Waals surface area contributed by atoms with E-state index in [1.165, 1.54) is 0 Å². The van der Waals surface area contributed by atoms with Crippen LogP contribution < -0.4 is 10.6 Å². The first kappa shape index (κ1) is 27.9. The average Bonchev–Trinajstić information content (AvgIpc) is 2.49. The topological polar surface area (TPSA) is 95.5 Å². The summed E-state index contributed by atoms with van der Waals surface area (Å²) in [6, 6.07) is -0.0651. The largest absolute Gasteiger partial charge is 0.481 e. The van der Waals surface area contributed by atoms with E-state index in [1.54, 1.807) is 13.8 Å². The Morgan fingerprint density at radius 1 is 0.704 bits per heavy atom. The second kappa shape index (κ2) is 13.8. The monoisotopic (exact) mass is 386 g/mol. The number of carbonyl (C=O) groups is 3. The second-order valence-corrected chi connectivity index (χ2v) is 8.63. The van der Waals surface area contributed by atoms with Crippen molar-refractivity contribution in [1.29, 1.82) is 0 Å². The van der Waals surface area contributed by atoms with E-state index in [-0.39, 0.29) is 36.1 Å². The highest BCUT2D eigenvalue weighted by Crippen LogP contribution is 2.09. The Bertz CT molecular complexity index is 457. The molecule has 0 radical (unpaired) electrons. The molecule has 2 unspecified atom stereocenters. The third-order valence-electron chi connectivity index (χ3n) is 3.88. The van der Waals surface area contributed by atoms with Gasteiger partial charge in [-0.3, -0.25) is 14.4 Å². The molecule has 0 rings (SSSR count). The molecule has 2 atom stereocenters. The number of carbonyl (C=O) groups excluding carboxylic acids is 2. The molecule has 6 nitrogen and oxygen atoms in total. The van der Waals surface area contributed by atoms with Crippen molar-refractivity contribution in [3.63, 3.8) is 0 Å². The molecule has 0 fully saturated rings. The van der Waals surface area contributed by atoms with Crippen LogP contribution in [0.4, 0.5) is 0 Å². The predicted octanol–water partition coefficient (Wildman–Crippen LogP) is 3.29. The summed E-state index contributed by atoms with van der Waals surface area (Å²) in [6.45, 7) is 19.6. The summed E-state index contributed by atoms with van der Waals surface area (Å²) in [5.74, 6) is -0.302. The fourth-order valence-electron chi connectivity index (χ4n) is 2.54. The molecule has 0 aromatic rings. The number of rotatable bonds is 11. The van der Waals surface area contributed by atoms with Crippen LogP contribution in [0.3, 0.4) is 0 Å². The maximum absolute atomic E-state index is 11.8. The SMILES string of the molecule is CC(C)NC(C(=O)C(C)C)C(C)C.CC(C)NC(CC(=O)O)C(=O)C(C)C. The van der Waals surface area contributed by atoms with Crippen molar-refractivity contribution >= 4 is 17.5 Å². The van der Waals surface area contributed by atoms with Gasteiger partial charge in [0.25, 0.3) is 0 Å². The molecule has 0 heterocycles. The summed E-state index contributed by atoms with van der Waals surface area (Å²) in [5.41, 5.74) is 0. The summed E-state index contributed by atoms with van der Waals surface area (Å²) in [5, 5.41) is 14.9. The zero-order valence-electron chi connectivity index (χ0n) is 18.9. The van der Waals surface area contributed by atoms with Crippen molar-refractivity contribution < 1.29 is 19.5 Å². The van der Waals surface area contributed by atoms with Crippen LogP contribution in [0, 0.1) is 17.8 Å². The Morgan fingerprint density at radius 2 is 1.11 bits per heavy atom. The Balaban J connectivity index is 0. The highest BCUT2D eigenvalue weighted by molar-refractivity contribution is 5.89. The van der Waals surface area contributed by atoms with E-state index in [4.69, 9.17) is 5.11 Å². The van der Waals surface area contributed by atoms with Crippen LogP contribution in [0.1, 0.15) is 75.7 Å². The molecule has 0 amide bonds. The van der Waals surface area contributed by atoms with E-state index in [1.807, 2.05) is 27.7 Å². The van der Waals surface area contributed by atoms with E-state index in [2.05, 4.69) is 38.3 Å². The van der Waals surface area contributed by atoms with Crippen LogP contribution in [0.2, 0.25) is 0 Å². The van der Waals surface area contributed by atoms with Crippen LogP contribution >= 0.6 is 0 Å². The number of hydrogen-bond donors (Lipinski definition) is 3. The van der Waals surface area contributed by atoms with Gasteiger partial charge in [-0.15, -0.1) is 0 Å². The first-order valence-corrected chi connectivity index (χ1v) is 10.0. The average molecular weight is 387 g/mol. The Morgan fingerprint density at radius 3 is 1.37 bits per heavy atom. The number of nitrogens with one attached hydrogen (secondary N) is 2. The van der Waals surface area contributed by atoms with Crippen molar-refractivity contribution in [3.8, 4) is 0 Å². The van der Waals surface area contributed by atoms with Crippen molar-refractivity contribution in [2.24, 2.45) is 17.8 Å². The second-order valence-electron chi connectivity index (χ2n) is 8.63. The van der Waals surface area contributed by atoms with Crippen LogP contribution in [0.25, 0.3) is 0 Å². The van der Waals surface area contributed by atoms with Gasteiger partial charge in [-0.25, -0.2) is 0 Å². The van der Waals surface area contributed by atoms with Crippen molar-refractivity contribution in [1.82, 2.24) is 10.6 Å². The number of carboxylic acid groups (broad SMARTS) is 1. The standard InChI is InChI=1S/C11H23NO.C10H19NO3/c1-7(2)10(12-9(5)6)11(13)8(3)4;1-6(2)10(14)8(5-9(12)13)11-7(3)4/h7-10,12H,1-6H3;6-8,11H,5H2,1-4H3,(H,12,13). The van der Waals surface area contributed by atoms with Gasteiger partial charge in [0.1, 0.15) is 0 Å². The number of carboxylic acids is 1. The highest BCUT2D eigenvalue weighted by atomic mass is 16.4. The Kier molecular flexibility index (Phi) is 14.3. The van der Waals surface area contributed by atoms with Crippen LogP contribution in [-0.4, -0.2) is 46.8 Å². The van der Waals surface area contributed by atoms with Gasteiger partial charge in [0, 0.05) is 23.9 Å². The maximum atomic E-state index is 11.8. The molecule has 0 saturated heterocycles. The lowest BCUT2D eigenvalue weighted by Crippen LogP contribution is -2.46. The van der Waals surface area contributed by atoms with Crippen LogP contribution in [0.15, 0.2) is 0 Å². The molecule has 0 spiro atoms. The minimum atomic E-state index is -0.947. The Hall–Kier alpha value is -1.27. The van der Waals surface area contributed by atoms with Crippen molar-refractivity contribution in [2.45, 2.75) is 99.8 Å². The molecule has 3 N–H and O–H groups in total. The third-order valence-corrected chi connectivity index (χ3v) is 3.88. The highest BCUT2D eigenvalue weighted by Gasteiger charge is 2.25. The molecule has 0 aliphatic carbocycles. The molecule has 0 bridgehead atoms. The molecule has 6 heteroatoms. The van der Waals surface area contributed by atoms with Gasteiger partial charge in [0.2, 0.25) is 0 Å². The number of aliphatic carboxylic acids is 1. The molecular formula is C21H42N2O4. The lowest BCUT2D eigenvalue weighted by atomic mass is 9.92. The fourth-order valence-corrected chi connectivity index (χ4v) is 2.54. The molecule has 27 heavy (non-hydrogen) atoms. The number of hydrogen-bond acceptors (Lipinski definition) is 5. The molecule has 0 aromatic carbocycles. The van der Waals surface area contributed by atoms with Gasteiger partial charge in [-0.2, -0.15) is 0 Å². The predicted molar refractivity (Wildman–Crippen MR) is 111 cm³/mol. The Labute approximate surface area is 165 Å². The van der Waals surface area contributed by atoms with Gasteiger partial charge in [-0.05, 0) is 5.92 Å². The summed E-state index contributed by atoms with van der Waals surface area (Å²) in [6.07, 6.45) is -0.144. The summed E-state index contributed by atoms with van der Waals surface area (Å²) >= 11 is 0. The zero-order chi connectivity index (χ0) is 21.9. The quantitative estimate of drug-likeness (QED) is 0.504. The minimum absolute atomic E-state index is 0.0139. The van der Waals surface area contributed by atoms with E-state index in [0.29, 0.717) is 17.7 Å². The normalized spacial score (nSPS) is 13.7. The van der Waals surface area contributed by atoms with Crippen LogP contribution in [0.5, 0.6) is 0 Å². The molecular weight excluding hydrogens is 344 g/mol. The van der Waals surface area contributed by atoms with Gasteiger partial charge in [0.15, 0.2) is 11.6 Å². The molecule has 0 aliphatic heterocycles. The van der Waals surface area contributed by atoms with Gasteiger partial charge < -0.3 is 15.7 Å². The van der Waals surface area contributed by atoms with E-state index < -0.39 is 12.0 Å². The van der Waals surface area contributed by atoms with Gasteiger partial charge in [-0.1, -0.05) is 69.2 Å². The van der Waals surface area contributed by atoms with Crippen LogP contribution in [-0.2, 0) is 14.4 Å². The maximum Gasteiger partial charge on any atom is 0.305 e. The third kappa shape index (κ3) is 13.5. The first-order chi connectivity index (χ1) is 12.2.